The van der Waals surface area contributed by atoms with Gasteiger partial charge in [0.2, 0.25) is 0 Å². The molecule has 0 spiro atoms. The lowest BCUT2D eigenvalue weighted by atomic mass is 9.44. The van der Waals surface area contributed by atoms with Crippen molar-refractivity contribution in [2.75, 3.05) is 0 Å². The van der Waals surface area contributed by atoms with Gasteiger partial charge in [0, 0.05) is 23.7 Å². The Balaban J connectivity index is 1.86. The third-order valence-electron chi connectivity index (χ3n) is 7.88. The van der Waals surface area contributed by atoms with Crippen molar-refractivity contribution < 1.29 is 19.8 Å². The SMILES string of the molecule is C[C@]12CC(O)[C@@]3(O)[C@@H](CCC4=CC(=O)CC(Cl)[C@@]43C)[C@@H]1CCC2=O. The van der Waals surface area contributed by atoms with Gasteiger partial charge in [-0.1, -0.05) is 19.4 Å². The first kappa shape index (κ1) is 16.7. The highest BCUT2D eigenvalue weighted by Crippen LogP contribution is 2.66. The van der Waals surface area contributed by atoms with E-state index in [1.807, 2.05) is 13.8 Å². The molecule has 4 aliphatic rings. The lowest BCUT2D eigenvalue weighted by Gasteiger charge is -2.64. The summed E-state index contributed by atoms with van der Waals surface area (Å²) in [7, 11) is 0. The van der Waals surface area contributed by atoms with Gasteiger partial charge in [-0.15, -0.1) is 11.6 Å². The normalized spacial score (nSPS) is 54.0. The van der Waals surface area contributed by atoms with Crippen LogP contribution in [0.1, 0.15) is 52.4 Å². The van der Waals surface area contributed by atoms with Crippen LogP contribution in [0.3, 0.4) is 0 Å². The summed E-state index contributed by atoms with van der Waals surface area (Å²) in [6, 6.07) is 0. The van der Waals surface area contributed by atoms with Crippen LogP contribution in [-0.4, -0.2) is 38.9 Å². The molecule has 24 heavy (non-hydrogen) atoms. The molecule has 3 saturated carbocycles. The molecule has 7 atom stereocenters. The number of carbonyl (C=O) groups excluding carboxylic acids is 2. The molecule has 0 saturated heterocycles. The zero-order chi connectivity index (χ0) is 17.5. The van der Waals surface area contributed by atoms with Crippen LogP contribution in [0.15, 0.2) is 11.6 Å². The average Bonchev–Trinajstić information content (AvgIpc) is 2.78. The number of fused-ring (bicyclic) bond motifs is 5. The lowest BCUT2D eigenvalue weighted by Crippen LogP contribution is -2.71. The predicted octanol–water partition coefficient (Wildman–Crippen LogP) is 2.39. The summed E-state index contributed by atoms with van der Waals surface area (Å²) >= 11 is 6.61. The van der Waals surface area contributed by atoms with E-state index >= 15 is 0 Å². The van der Waals surface area contributed by atoms with Crippen molar-refractivity contribution in [2.45, 2.75) is 69.5 Å². The number of Topliss-reactive ketones (excluding diaryl/α,β-unsaturated/α-hetero) is 1. The molecular formula is C19H25ClO4. The Morgan fingerprint density at radius 3 is 2.54 bits per heavy atom. The van der Waals surface area contributed by atoms with Crippen LogP contribution in [-0.2, 0) is 9.59 Å². The molecule has 4 aliphatic carbocycles. The molecular weight excluding hydrogens is 328 g/mol. The number of aliphatic hydroxyl groups excluding tert-OH is 1. The van der Waals surface area contributed by atoms with Gasteiger partial charge in [-0.25, -0.2) is 0 Å². The Morgan fingerprint density at radius 2 is 1.83 bits per heavy atom. The van der Waals surface area contributed by atoms with Crippen LogP contribution in [0.2, 0.25) is 0 Å². The number of hydrogen-bond acceptors (Lipinski definition) is 4. The maximum Gasteiger partial charge on any atom is 0.157 e. The van der Waals surface area contributed by atoms with Gasteiger partial charge < -0.3 is 10.2 Å². The van der Waals surface area contributed by atoms with Crippen molar-refractivity contribution in [3.05, 3.63) is 11.6 Å². The molecule has 0 aromatic rings. The molecule has 0 amide bonds. The van der Waals surface area contributed by atoms with E-state index in [0.29, 0.717) is 19.3 Å². The Kier molecular flexibility index (Phi) is 3.44. The van der Waals surface area contributed by atoms with Gasteiger partial charge in [0.15, 0.2) is 5.78 Å². The number of rotatable bonds is 0. The minimum atomic E-state index is -1.38. The molecule has 0 aromatic heterocycles. The smallest absolute Gasteiger partial charge is 0.157 e. The molecule has 0 bridgehead atoms. The second-order valence-corrected chi connectivity index (χ2v) is 9.21. The van der Waals surface area contributed by atoms with Gasteiger partial charge in [0.25, 0.3) is 0 Å². The molecule has 132 valence electrons. The summed E-state index contributed by atoms with van der Waals surface area (Å²) < 4.78 is 0. The van der Waals surface area contributed by atoms with E-state index in [1.165, 1.54) is 0 Å². The molecule has 3 fully saturated rings. The molecule has 2 N–H and O–H groups in total. The monoisotopic (exact) mass is 352 g/mol. The fraction of sp³-hybridized carbons (Fsp3) is 0.789. The number of aliphatic hydroxyl groups is 2. The lowest BCUT2D eigenvalue weighted by molar-refractivity contribution is -0.240. The number of halogens is 1. The fourth-order valence-electron chi connectivity index (χ4n) is 6.41. The molecule has 0 aromatic carbocycles. The summed E-state index contributed by atoms with van der Waals surface area (Å²) in [6.07, 6.45) is 3.79. The van der Waals surface area contributed by atoms with Crippen LogP contribution in [0.5, 0.6) is 0 Å². The predicted molar refractivity (Wildman–Crippen MR) is 89.6 cm³/mol. The highest BCUT2D eigenvalue weighted by atomic mass is 35.5. The Hall–Kier alpha value is -0.710. The van der Waals surface area contributed by atoms with Crippen LogP contribution in [0.4, 0.5) is 0 Å². The van der Waals surface area contributed by atoms with Crippen LogP contribution >= 0.6 is 11.6 Å². The first-order valence-electron chi connectivity index (χ1n) is 8.97. The first-order valence-corrected chi connectivity index (χ1v) is 9.41. The first-order chi connectivity index (χ1) is 11.2. The molecule has 5 heteroatoms. The summed E-state index contributed by atoms with van der Waals surface area (Å²) in [5, 5.41) is 22.3. The van der Waals surface area contributed by atoms with Gasteiger partial charge in [0.1, 0.15) is 11.4 Å². The van der Waals surface area contributed by atoms with Crippen LogP contribution < -0.4 is 0 Å². The second kappa shape index (κ2) is 4.93. The molecule has 4 rings (SSSR count). The van der Waals surface area contributed by atoms with Gasteiger partial charge in [-0.05, 0) is 43.6 Å². The summed E-state index contributed by atoms with van der Waals surface area (Å²) in [5.41, 5.74) is -1.87. The minimum Gasteiger partial charge on any atom is -0.390 e. The zero-order valence-electron chi connectivity index (χ0n) is 14.2. The van der Waals surface area contributed by atoms with Crippen molar-refractivity contribution in [1.82, 2.24) is 0 Å². The quantitative estimate of drug-likeness (QED) is 0.656. The highest BCUT2D eigenvalue weighted by molar-refractivity contribution is 6.23. The van der Waals surface area contributed by atoms with E-state index < -0.39 is 27.9 Å². The van der Waals surface area contributed by atoms with Crippen molar-refractivity contribution in [2.24, 2.45) is 22.7 Å². The van der Waals surface area contributed by atoms with Crippen molar-refractivity contribution in [3.63, 3.8) is 0 Å². The molecule has 0 heterocycles. The zero-order valence-corrected chi connectivity index (χ0v) is 15.0. The largest absolute Gasteiger partial charge is 0.390 e. The summed E-state index contributed by atoms with van der Waals surface area (Å²) in [6.45, 7) is 3.85. The van der Waals surface area contributed by atoms with Crippen molar-refractivity contribution in [1.29, 1.82) is 0 Å². The second-order valence-electron chi connectivity index (χ2n) is 8.69. The molecule has 0 radical (unpaired) electrons. The van der Waals surface area contributed by atoms with Crippen LogP contribution in [0, 0.1) is 22.7 Å². The maximum atomic E-state index is 12.4. The van der Waals surface area contributed by atoms with Crippen LogP contribution in [0.25, 0.3) is 0 Å². The van der Waals surface area contributed by atoms with Crippen molar-refractivity contribution in [3.8, 4) is 0 Å². The third-order valence-corrected chi connectivity index (χ3v) is 8.47. The summed E-state index contributed by atoms with van der Waals surface area (Å²) in [4.78, 5) is 24.4. The topological polar surface area (TPSA) is 74.6 Å². The van der Waals surface area contributed by atoms with E-state index in [0.717, 1.165) is 12.0 Å². The van der Waals surface area contributed by atoms with E-state index in [-0.39, 0.29) is 36.2 Å². The van der Waals surface area contributed by atoms with E-state index in [9.17, 15) is 19.8 Å². The van der Waals surface area contributed by atoms with Gasteiger partial charge in [-0.2, -0.15) is 0 Å². The third kappa shape index (κ3) is 1.72. The summed E-state index contributed by atoms with van der Waals surface area (Å²) in [5.74, 6) is 0.129. The average molecular weight is 353 g/mol. The Morgan fingerprint density at radius 1 is 1.17 bits per heavy atom. The minimum absolute atomic E-state index is 0.00398. The highest BCUT2D eigenvalue weighted by Gasteiger charge is 2.71. The number of alkyl halides is 1. The van der Waals surface area contributed by atoms with E-state index in [1.54, 1.807) is 6.08 Å². The van der Waals surface area contributed by atoms with Crippen molar-refractivity contribution >= 4 is 23.2 Å². The Labute approximate surface area is 147 Å². The number of carbonyl (C=O) groups is 2. The molecule has 2 unspecified atom stereocenters. The number of hydrogen-bond donors (Lipinski definition) is 2. The van der Waals surface area contributed by atoms with E-state index in [2.05, 4.69) is 0 Å². The molecule has 4 nitrogen and oxygen atoms in total. The van der Waals surface area contributed by atoms with E-state index in [4.69, 9.17) is 11.6 Å². The number of ketones is 2. The Bertz CT molecular complexity index is 658. The fourth-order valence-corrected chi connectivity index (χ4v) is 6.87. The standard InChI is InChI=1S/C19H25ClO4/c1-17-9-16(23)19(24)13(12(17)5-6-15(17)22)4-3-10-7-11(21)8-14(20)18(10,19)2/h7,12-14,16,23-24H,3-6,8-9H2,1-2H3/t12-,13-,14?,16?,17-,18+,19-/m0/s1. The molecule has 0 aliphatic heterocycles. The van der Waals surface area contributed by atoms with Gasteiger partial charge >= 0.3 is 0 Å². The van der Waals surface area contributed by atoms with Gasteiger partial charge in [0.05, 0.1) is 11.5 Å². The maximum absolute atomic E-state index is 12.4. The van der Waals surface area contributed by atoms with Gasteiger partial charge in [-0.3, -0.25) is 9.59 Å².